The van der Waals surface area contributed by atoms with Gasteiger partial charge >= 0.3 is 6.09 Å². The Balaban J connectivity index is 1.63. The van der Waals surface area contributed by atoms with Crippen LogP contribution >= 0.6 is 0 Å². The minimum absolute atomic E-state index is 0.0436. The molecule has 4 nitrogen and oxygen atoms in total. The molecule has 1 amide bonds. The number of ether oxygens (including phenoxy) is 1. The van der Waals surface area contributed by atoms with Gasteiger partial charge in [-0.3, -0.25) is 4.79 Å². The number of benzene rings is 3. The van der Waals surface area contributed by atoms with Crippen molar-refractivity contribution in [3.8, 4) is 0 Å². The summed E-state index contributed by atoms with van der Waals surface area (Å²) >= 11 is 0. The number of amides is 1. The zero-order chi connectivity index (χ0) is 21.1. The molecule has 152 valence electrons. The number of halogens is 2. The molecule has 0 saturated heterocycles. The molecule has 3 aromatic rings. The number of hydrogen-bond acceptors (Lipinski definition) is 3. The molecular weight excluding hydrogens is 388 g/mol. The summed E-state index contributed by atoms with van der Waals surface area (Å²) in [7, 11) is 0. The predicted octanol–water partition coefficient (Wildman–Crippen LogP) is 4.98. The molecule has 1 N–H and O–H groups in total. The van der Waals surface area contributed by atoms with Crippen LogP contribution in [-0.4, -0.2) is 17.9 Å². The van der Waals surface area contributed by atoms with Gasteiger partial charge < -0.3 is 10.1 Å². The second-order valence-corrected chi connectivity index (χ2v) is 7.17. The van der Waals surface area contributed by atoms with Crippen molar-refractivity contribution in [3.63, 3.8) is 0 Å². The van der Waals surface area contributed by atoms with E-state index in [-0.39, 0.29) is 24.4 Å². The summed E-state index contributed by atoms with van der Waals surface area (Å²) in [5.41, 5.74) is 1.89. The topological polar surface area (TPSA) is 55.4 Å². The van der Waals surface area contributed by atoms with E-state index in [0.29, 0.717) is 11.1 Å². The first-order chi connectivity index (χ1) is 14.5. The molecule has 6 heteroatoms. The number of rotatable bonds is 4. The number of alkyl carbamates (subject to hydrolysis) is 1. The fraction of sp³-hybridized carbons (Fsp3) is 0.167. The molecule has 3 aromatic carbocycles. The maximum Gasteiger partial charge on any atom is 0.407 e. The molecule has 0 saturated carbocycles. The SMILES string of the molecule is O=C(N[C@H]1CC(=O)c2ccccc2[C@@H]1c1cc(F)ccc1F)OCc1ccccc1. The second kappa shape index (κ2) is 8.45. The Bertz CT molecular complexity index is 1080. The van der Waals surface area contributed by atoms with Gasteiger partial charge in [0.25, 0.3) is 0 Å². The molecule has 2 atom stereocenters. The van der Waals surface area contributed by atoms with E-state index in [0.717, 1.165) is 23.8 Å². The van der Waals surface area contributed by atoms with Crippen LogP contribution in [-0.2, 0) is 11.3 Å². The Kier molecular flexibility index (Phi) is 5.57. The first kappa shape index (κ1) is 19.8. The summed E-state index contributed by atoms with van der Waals surface area (Å²) in [5.74, 6) is -2.09. The Labute approximate surface area is 172 Å². The van der Waals surface area contributed by atoms with Crippen LogP contribution in [0.5, 0.6) is 0 Å². The average molecular weight is 407 g/mol. The highest BCUT2D eigenvalue weighted by atomic mass is 19.1. The van der Waals surface area contributed by atoms with Gasteiger partial charge in [-0.15, -0.1) is 0 Å². The lowest BCUT2D eigenvalue weighted by Gasteiger charge is -2.33. The third kappa shape index (κ3) is 4.08. The zero-order valence-corrected chi connectivity index (χ0v) is 16.0. The van der Waals surface area contributed by atoms with Crippen molar-refractivity contribution in [2.75, 3.05) is 0 Å². The molecule has 0 unspecified atom stereocenters. The molecule has 1 aliphatic rings. The number of ketones is 1. The second-order valence-electron chi connectivity index (χ2n) is 7.17. The van der Waals surface area contributed by atoms with Gasteiger partial charge in [-0.2, -0.15) is 0 Å². The first-order valence-electron chi connectivity index (χ1n) is 9.57. The zero-order valence-electron chi connectivity index (χ0n) is 16.0. The summed E-state index contributed by atoms with van der Waals surface area (Å²) in [6, 6.07) is 18.4. The van der Waals surface area contributed by atoms with Crippen LogP contribution in [0.3, 0.4) is 0 Å². The van der Waals surface area contributed by atoms with Crippen LogP contribution in [0.25, 0.3) is 0 Å². The number of carbonyl (C=O) groups excluding carboxylic acids is 2. The number of carbonyl (C=O) groups is 2. The van der Waals surface area contributed by atoms with Crippen molar-refractivity contribution in [1.29, 1.82) is 0 Å². The van der Waals surface area contributed by atoms with E-state index in [1.165, 1.54) is 0 Å². The maximum absolute atomic E-state index is 14.6. The number of nitrogens with one attached hydrogen (secondary N) is 1. The fourth-order valence-electron chi connectivity index (χ4n) is 3.85. The highest BCUT2D eigenvalue weighted by molar-refractivity contribution is 6.00. The Morgan fingerprint density at radius 2 is 1.70 bits per heavy atom. The largest absolute Gasteiger partial charge is 0.445 e. The molecule has 0 aromatic heterocycles. The molecule has 0 radical (unpaired) electrons. The standard InChI is InChI=1S/C24H19F2NO3/c25-16-10-11-20(26)19(12-16)23-18-9-5-4-8-17(18)22(28)13-21(23)27-24(29)30-14-15-6-2-1-3-7-15/h1-12,21,23H,13-14H2,(H,27,29)/t21-,23+/m0/s1. The maximum atomic E-state index is 14.6. The summed E-state index contributed by atoms with van der Waals surface area (Å²) < 4.78 is 33.8. The van der Waals surface area contributed by atoms with Crippen LogP contribution in [0.1, 0.15) is 39.4 Å². The van der Waals surface area contributed by atoms with E-state index >= 15 is 0 Å². The van der Waals surface area contributed by atoms with Crippen molar-refractivity contribution in [2.24, 2.45) is 0 Å². The van der Waals surface area contributed by atoms with Crippen LogP contribution in [0, 0.1) is 11.6 Å². The molecule has 1 aliphatic carbocycles. The Hall–Kier alpha value is -3.54. The lowest BCUT2D eigenvalue weighted by molar-refractivity contribution is 0.0944. The van der Waals surface area contributed by atoms with E-state index in [2.05, 4.69) is 5.32 Å². The molecule has 0 heterocycles. The smallest absolute Gasteiger partial charge is 0.407 e. The number of Topliss-reactive ketones (excluding diaryl/α,β-unsaturated/α-hetero) is 1. The van der Waals surface area contributed by atoms with Crippen molar-refractivity contribution >= 4 is 11.9 Å². The van der Waals surface area contributed by atoms with E-state index < -0.39 is 29.7 Å². The van der Waals surface area contributed by atoms with Crippen molar-refractivity contribution in [2.45, 2.75) is 25.0 Å². The molecule has 0 spiro atoms. The van der Waals surface area contributed by atoms with Crippen LogP contribution in [0.15, 0.2) is 72.8 Å². The minimum atomic E-state index is -0.771. The lowest BCUT2D eigenvalue weighted by Crippen LogP contribution is -2.44. The van der Waals surface area contributed by atoms with Gasteiger partial charge in [-0.05, 0) is 29.3 Å². The average Bonchev–Trinajstić information content (AvgIpc) is 2.75. The summed E-state index contributed by atoms with van der Waals surface area (Å²) in [6.07, 6.45) is -0.768. The minimum Gasteiger partial charge on any atom is -0.445 e. The quantitative estimate of drug-likeness (QED) is 0.664. The van der Waals surface area contributed by atoms with E-state index in [9.17, 15) is 18.4 Å². The monoisotopic (exact) mass is 407 g/mol. The molecular formula is C24H19F2NO3. The van der Waals surface area contributed by atoms with E-state index in [1.54, 1.807) is 24.3 Å². The summed E-state index contributed by atoms with van der Waals surface area (Å²) in [4.78, 5) is 25.0. The van der Waals surface area contributed by atoms with Gasteiger partial charge in [0, 0.05) is 23.5 Å². The van der Waals surface area contributed by atoms with Crippen molar-refractivity contribution in [1.82, 2.24) is 5.32 Å². The van der Waals surface area contributed by atoms with Gasteiger partial charge in [-0.25, -0.2) is 13.6 Å². The van der Waals surface area contributed by atoms with E-state index in [1.807, 2.05) is 30.3 Å². The predicted molar refractivity (Wildman–Crippen MR) is 107 cm³/mol. The number of hydrogen-bond donors (Lipinski definition) is 1. The van der Waals surface area contributed by atoms with Gasteiger partial charge in [0.15, 0.2) is 5.78 Å². The molecule has 0 aliphatic heterocycles. The third-order valence-electron chi connectivity index (χ3n) is 5.21. The van der Waals surface area contributed by atoms with Crippen molar-refractivity contribution < 1.29 is 23.1 Å². The Morgan fingerprint density at radius 1 is 0.967 bits per heavy atom. The van der Waals surface area contributed by atoms with Gasteiger partial charge in [0.2, 0.25) is 0 Å². The molecule has 4 rings (SSSR count). The summed E-state index contributed by atoms with van der Waals surface area (Å²) in [6.45, 7) is 0.0585. The van der Waals surface area contributed by atoms with Crippen LogP contribution in [0.4, 0.5) is 13.6 Å². The first-order valence-corrected chi connectivity index (χ1v) is 9.57. The van der Waals surface area contributed by atoms with Crippen LogP contribution in [0.2, 0.25) is 0 Å². The van der Waals surface area contributed by atoms with Gasteiger partial charge in [-0.1, -0.05) is 54.6 Å². The normalized spacial score (nSPS) is 17.9. The Morgan fingerprint density at radius 3 is 2.50 bits per heavy atom. The highest BCUT2D eigenvalue weighted by Crippen LogP contribution is 2.38. The highest BCUT2D eigenvalue weighted by Gasteiger charge is 2.37. The van der Waals surface area contributed by atoms with Crippen molar-refractivity contribution in [3.05, 3.63) is 107 Å². The van der Waals surface area contributed by atoms with Gasteiger partial charge in [0.1, 0.15) is 18.2 Å². The molecule has 30 heavy (non-hydrogen) atoms. The molecule has 0 fully saturated rings. The third-order valence-corrected chi connectivity index (χ3v) is 5.21. The lowest BCUT2D eigenvalue weighted by atomic mass is 9.75. The number of fused-ring (bicyclic) bond motifs is 1. The van der Waals surface area contributed by atoms with E-state index in [4.69, 9.17) is 4.74 Å². The summed E-state index contributed by atoms with van der Waals surface area (Å²) in [5, 5.41) is 2.68. The van der Waals surface area contributed by atoms with Crippen LogP contribution < -0.4 is 5.32 Å². The van der Waals surface area contributed by atoms with Gasteiger partial charge in [0.05, 0.1) is 6.04 Å². The molecule has 0 bridgehead atoms. The fourth-order valence-corrected chi connectivity index (χ4v) is 3.85.